The van der Waals surface area contributed by atoms with Crippen LogP contribution >= 0.6 is 0 Å². The Morgan fingerprint density at radius 1 is 1.28 bits per heavy atom. The van der Waals surface area contributed by atoms with Crippen molar-refractivity contribution in [3.63, 3.8) is 0 Å². The summed E-state index contributed by atoms with van der Waals surface area (Å²) in [7, 11) is 0. The molecule has 5 nitrogen and oxygen atoms in total. The average molecular weight is 343 g/mol. The van der Waals surface area contributed by atoms with Crippen LogP contribution in [-0.2, 0) is 5.60 Å². The van der Waals surface area contributed by atoms with Crippen LogP contribution in [0, 0.1) is 6.92 Å². The van der Waals surface area contributed by atoms with Crippen molar-refractivity contribution in [2.45, 2.75) is 39.2 Å². The maximum absolute atomic E-state index is 10.5. The molecule has 0 fully saturated rings. The van der Waals surface area contributed by atoms with Crippen molar-refractivity contribution in [2.75, 3.05) is 19.6 Å². The first kappa shape index (κ1) is 19.1. The lowest BCUT2D eigenvalue weighted by molar-refractivity contribution is 0.0437. The first-order chi connectivity index (χ1) is 11.9. The Balaban J connectivity index is 1.98. The molecule has 2 aromatic rings. The fourth-order valence-corrected chi connectivity index (χ4v) is 2.58. The Morgan fingerprint density at radius 3 is 2.72 bits per heavy atom. The van der Waals surface area contributed by atoms with Gasteiger partial charge in [0.25, 0.3) is 0 Å². The molecule has 3 N–H and O–H groups in total. The van der Waals surface area contributed by atoms with Gasteiger partial charge in [-0.15, -0.1) is 0 Å². The molecule has 0 bridgehead atoms. The van der Waals surface area contributed by atoms with E-state index in [0.717, 1.165) is 13.1 Å². The number of hydrogen-bond donors (Lipinski definition) is 3. The third-order valence-corrected chi connectivity index (χ3v) is 4.13. The van der Waals surface area contributed by atoms with Crippen molar-refractivity contribution in [3.05, 3.63) is 59.5 Å². The molecule has 2 unspecified atom stereocenters. The van der Waals surface area contributed by atoms with Crippen LogP contribution in [0.25, 0.3) is 0 Å². The molecule has 0 spiro atoms. The van der Waals surface area contributed by atoms with E-state index in [2.05, 4.69) is 53.7 Å². The number of hydrogen-bond acceptors (Lipinski definition) is 3. The van der Waals surface area contributed by atoms with E-state index >= 15 is 0 Å². The van der Waals surface area contributed by atoms with Crippen LogP contribution in [0.4, 0.5) is 0 Å². The lowest BCUT2D eigenvalue weighted by atomic mass is 9.99. The number of rotatable bonds is 7. The molecule has 5 heteroatoms. The lowest BCUT2D eigenvalue weighted by Gasteiger charge is -2.20. The van der Waals surface area contributed by atoms with Crippen LogP contribution < -0.4 is 10.6 Å². The molecule has 25 heavy (non-hydrogen) atoms. The quantitative estimate of drug-likeness (QED) is 0.533. The summed E-state index contributed by atoms with van der Waals surface area (Å²) in [5.74, 6) is 1.56. The van der Waals surface area contributed by atoms with Crippen LogP contribution in [0.1, 0.15) is 43.6 Å². The third kappa shape index (κ3) is 5.64. The van der Waals surface area contributed by atoms with Gasteiger partial charge < -0.3 is 20.2 Å². The summed E-state index contributed by atoms with van der Waals surface area (Å²) in [6, 6.07) is 12.1. The number of nitrogens with zero attached hydrogens (tertiary/aromatic N) is 1. The summed E-state index contributed by atoms with van der Waals surface area (Å²) in [6.45, 7) is 9.75. The van der Waals surface area contributed by atoms with Gasteiger partial charge in [0.05, 0.1) is 12.8 Å². The molecule has 2 atom stereocenters. The number of benzene rings is 1. The largest absolute Gasteiger partial charge is 0.466 e. The van der Waals surface area contributed by atoms with E-state index in [1.165, 1.54) is 11.1 Å². The number of aliphatic imine (C=N–C) groups is 1. The molecule has 1 aromatic heterocycles. The minimum atomic E-state index is -1.13. The topological polar surface area (TPSA) is 69.8 Å². The van der Waals surface area contributed by atoms with Crippen molar-refractivity contribution in [1.29, 1.82) is 0 Å². The van der Waals surface area contributed by atoms with Gasteiger partial charge in [0.2, 0.25) is 0 Å². The van der Waals surface area contributed by atoms with Gasteiger partial charge in [-0.1, -0.05) is 36.8 Å². The van der Waals surface area contributed by atoms with Crippen LogP contribution in [0.3, 0.4) is 0 Å². The summed E-state index contributed by atoms with van der Waals surface area (Å²) in [4.78, 5) is 4.51. The molecular weight excluding hydrogens is 314 g/mol. The van der Waals surface area contributed by atoms with E-state index in [-0.39, 0.29) is 6.54 Å². The first-order valence-corrected chi connectivity index (χ1v) is 8.77. The van der Waals surface area contributed by atoms with Gasteiger partial charge in [-0.3, -0.25) is 0 Å². The second-order valence-corrected chi connectivity index (χ2v) is 6.64. The molecule has 2 rings (SSSR count). The maximum atomic E-state index is 10.5. The molecule has 0 amide bonds. The average Bonchev–Trinajstić information content (AvgIpc) is 3.12. The van der Waals surface area contributed by atoms with Crippen LogP contribution in [0.15, 0.2) is 52.1 Å². The second kappa shape index (κ2) is 8.72. The van der Waals surface area contributed by atoms with E-state index in [4.69, 9.17) is 4.42 Å². The number of aryl methyl sites for hydroxylation is 1. The molecule has 0 saturated heterocycles. The molecule has 0 radical (unpaired) electrons. The van der Waals surface area contributed by atoms with Gasteiger partial charge in [0.1, 0.15) is 11.4 Å². The number of nitrogens with one attached hydrogen (secondary N) is 2. The fraction of sp³-hybridized carbons (Fsp3) is 0.450. The smallest absolute Gasteiger partial charge is 0.191 e. The Morgan fingerprint density at radius 2 is 2.08 bits per heavy atom. The van der Waals surface area contributed by atoms with Gasteiger partial charge in [0.15, 0.2) is 5.96 Å². The van der Waals surface area contributed by atoms with Crippen molar-refractivity contribution in [1.82, 2.24) is 10.6 Å². The monoisotopic (exact) mass is 343 g/mol. The van der Waals surface area contributed by atoms with Gasteiger partial charge in [-0.2, -0.15) is 0 Å². The highest BCUT2D eigenvalue weighted by Gasteiger charge is 2.26. The van der Waals surface area contributed by atoms with Gasteiger partial charge in [-0.05, 0) is 44.4 Å². The molecule has 0 aliphatic rings. The zero-order chi connectivity index (χ0) is 18.3. The number of guanidine groups is 1. The van der Waals surface area contributed by atoms with E-state index in [9.17, 15) is 5.11 Å². The van der Waals surface area contributed by atoms with E-state index in [1.807, 2.05) is 6.92 Å². The van der Waals surface area contributed by atoms with Crippen LogP contribution in [0.5, 0.6) is 0 Å². The van der Waals surface area contributed by atoms with Crippen molar-refractivity contribution < 1.29 is 9.52 Å². The third-order valence-electron chi connectivity index (χ3n) is 4.13. The number of furan rings is 1. The summed E-state index contributed by atoms with van der Waals surface area (Å²) >= 11 is 0. The molecule has 0 saturated carbocycles. The highest BCUT2D eigenvalue weighted by molar-refractivity contribution is 5.79. The predicted molar refractivity (Wildman–Crippen MR) is 102 cm³/mol. The summed E-state index contributed by atoms with van der Waals surface area (Å²) in [5, 5.41) is 17.1. The predicted octanol–water partition coefficient (Wildman–Crippen LogP) is 3.15. The molecule has 136 valence electrons. The van der Waals surface area contributed by atoms with E-state index in [1.54, 1.807) is 25.3 Å². The fourth-order valence-electron chi connectivity index (χ4n) is 2.58. The van der Waals surface area contributed by atoms with Gasteiger partial charge in [0, 0.05) is 13.1 Å². The van der Waals surface area contributed by atoms with Crippen molar-refractivity contribution in [2.24, 2.45) is 4.99 Å². The SMILES string of the molecule is CCNC(=NCC(C)(O)c1ccco1)NCC(C)c1cccc(C)c1. The molecule has 1 aromatic carbocycles. The van der Waals surface area contributed by atoms with Crippen LogP contribution in [-0.4, -0.2) is 30.7 Å². The molecule has 1 heterocycles. The first-order valence-electron chi connectivity index (χ1n) is 8.77. The Labute approximate surface area is 150 Å². The Kier molecular flexibility index (Phi) is 6.65. The normalized spacial score (nSPS) is 15.5. The second-order valence-electron chi connectivity index (χ2n) is 6.64. The zero-order valence-corrected chi connectivity index (χ0v) is 15.5. The Bertz CT molecular complexity index is 678. The summed E-state index contributed by atoms with van der Waals surface area (Å²) in [5.41, 5.74) is 1.43. The zero-order valence-electron chi connectivity index (χ0n) is 15.5. The molecular formula is C20H29N3O2. The maximum Gasteiger partial charge on any atom is 0.191 e. The van der Waals surface area contributed by atoms with Crippen molar-refractivity contribution in [3.8, 4) is 0 Å². The summed E-state index contributed by atoms with van der Waals surface area (Å²) in [6.07, 6.45) is 1.56. The molecule has 0 aliphatic heterocycles. The lowest BCUT2D eigenvalue weighted by Crippen LogP contribution is -2.40. The minimum absolute atomic E-state index is 0.217. The standard InChI is InChI=1S/C20H29N3O2/c1-5-21-19(23-14-20(4,24)18-10-7-11-25-18)22-13-16(3)17-9-6-8-15(2)12-17/h6-12,16,24H,5,13-14H2,1-4H3,(H2,21,22,23). The van der Waals surface area contributed by atoms with E-state index in [0.29, 0.717) is 17.6 Å². The van der Waals surface area contributed by atoms with Crippen molar-refractivity contribution >= 4 is 5.96 Å². The van der Waals surface area contributed by atoms with Gasteiger partial charge in [-0.25, -0.2) is 4.99 Å². The summed E-state index contributed by atoms with van der Waals surface area (Å²) < 4.78 is 5.30. The minimum Gasteiger partial charge on any atom is -0.466 e. The number of aliphatic hydroxyl groups is 1. The van der Waals surface area contributed by atoms with E-state index < -0.39 is 5.60 Å². The molecule has 0 aliphatic carbocycles. The van der Waals surface area contributed by atoms with Gasteiger partial charge >= 0.3 is 0 Å². The highest BCUT2D eigenvalue weighted by atomic mass is 16.4. The van der Waals surface area contributed by atoms with Crippen LogP contribution in [0.2, 0.25) is 0 Å². The Hall–Kier alpha value is -2.27. The highest BCUT2D eigenvalue weighted by Crippen LogP contribution is 2.21.